The molecule has 2 heterocycles. The van der Waals surface area contributed by atoms with E-state index in [-0.39, 0.29) is 6.10 Å². The quantitative estimate of drug-likeness (QED) is 0.669. The predicted octanol–water partition coefficient (Wildman–Crippen LogP) is 0.577. The molecule has 76 valence electrons. The highest BCUT2D eigenvalue weighted by Crippen LogP contribution is 2.17. The molecule has 5 heteroatoms. The van der Waals surface area contributed by atoms with Gasteiger partial charge < -0.3 is 10.0 Å². The second kappa shape index (κ2) is 3.88. The van der Waals surface area contributed by atoms with Crippen LogP contribution >= 0.6 is 0 Å². The highest BCUT2D eigenvalue weighted by Gasteiger charge is 2.18. The molecule has 1 aromatic rings. The summed E-state index contributed by atoms with van der Waals surface area (Å²) in [6, 6.07) is 1.32. The SMILES string of the molecule is OC1CCN(c2cc(F)ncn2)CC1. The first-order valence-electron chi connectivity index (χ1n) is 4.66. The molecule has 0 bridgehead atoms. The van der Waals surface area contributed by atoms with Crippen molar-refractivity contribution in [3.8, 4) is 0 Å². The van der Waals surface area contributed by atoms with Crippen LogP contribution in [0.5, 0.6) is 0 Å². The minimum absolute atomic E-state index is 0.224. The molecule has 0 atom stereocenters. The Morgan fingerprint density at radius 3 is 2.71 bits per heavy atom. The Morgan fingerprint density at radius 2 is 2.07 bits per heavy atom. The van der Waals surface area contributed by atoms with Crippen molar-refractivity contribution in [2.24, 2.45) is 0 Å². The van der Waals surface area contributed by atoms with Crippen LogP contribution in [-0.2, 0) is 0 Å². The van der Waals surface area contributed by atoms with Gasteiger partial charge in [-0.1, -0.05) is 0 Å². The van der Waals surface area contributed by atoms with Gasteiger partial charge in [0.25, 0.3) is 0 Å². The molecule has 1 aromatic heterocycles. The number of hydrogen-bond donors (Lipinski definition) is 1. The van der Waals surface area contributed by atoms with Gasteiger partial charge in [0.15, 0.2) is 0 Å². The molecule has 1 fully saturated rings. The third-order valence-electron chi connectivity index (χ3n) is 2.41. The average Bonchev–Trinajstić information content (AvgIpc) is 2.19. The molecule has 14 heavy (non-hydrogen) atoms. The van der Waals surface area contributed by atoms with Crippen LogP contribution in [0.1, 0.15) is 12.8 Å². The third-order valence-corrected chi connectivity index (χ3v) is 2.41. The minimum atomic E-state index is -0.513. The van der Waals surface area contributed by atoms with Crippen LogP contribution in [0.25, 0.3) is 0 Å². The number of piperidine rings is 1. The number of hydrogen-bond acceptors (Lipinski definition) is 4. The van der Waals surface area contributed by atoms with Gasteiger partial charge in [0, 0.05) is 19.2 Å². The fraction of sp³-hybridized carbons (Fsp3) is 0.556. The van der Waals surface area contributed by atoms with Crippen molar-refractivity contribution < 1.29 is 9.50 Å². The monoisotopic (exact) mass is 197 g/mol. The number of aliphatic hydroxyl groups is 1. The Kier molecular flexibility index (Phi) is 2.58. The van der Waals surface area contributed by atoms with Crippen molar-refractivity contribution in [1.29, 1.82) is 0 Å². The van der Waals surface area contributed by atoms with Gasteiger partial charge in [0.05, 0.1) is 6.10 Å². The van der Waals surface area contributed by atoms with Crippen LogP contribution in [-0.4, -0.2) is 34.3 Å². The number of nitrogens with zero attached hydrogens (tertiary/aromatic N) is 3. The van der Waals surface area contributed by atoms with Crippen LogP contribution in [0.4, 0.5) is 10.2 Å². The number of aliphatic hydroxyl groups excluding tert-OH is 1. The standard InChI is InChI=1S/C9H12FN3O/c10-8-5-9(12-6-11-8)13-3-1-7(14)2-4-13/h5-7,14H,1-4H2. The maximum atomic E-state index is 12.8. The molecule has 0 amide bonds. The van der Waals surface area contributed by atoms with E-state index in [0.717, 1.165) is 13.1 Å². The highest BCUT2D eigenvalue weighted by molar-refractivity contribution is 5.37. The van der Waals surface area contributed by atoms with E-state index in [4.69, 9.17) is 0 Å². The zero-order chi connectivity index (χ0) is 9.97. The molecule has 1 N–H and O–H groups in total. The van der Waals surface area contributed by atoms with E-state index in [1.165, 1.54) is 12.4 Å². The summed E-state index contributed by atoms with van der Waals surface area (Å²) in [5.74, 6) is 0.0884. The minimum Gasteiger partial charge on any atom is -0.393 e. The number of aromatic nitrogens is 2. The maximum absolute atomic E-state index is 12.8. The van der Waals surface area contributed by atoms with Crippen LogP contribution in [0.2, 0.25) is 0 Å². The van der Waals surface area contributed by atoms with E-state index >= 15 is 0 Å². The Bertz CT molecular complexity index is 313. The number of halogens is 1. The maximum Gasteiger partial charge on any atom is 0.218 e. The lowest BCUT2D eigenvalue weighted by Crippen LogP contribution is -2.36. The Morgan fingerprint density at radius 1 is 1.36 bits per heavy atom. The Hall–Kier alpha value is -1.23. The van der Waals surface area contributed by atoms with E-state index in [2.05, 4.69) is 9.97 Å². The van der Waals surface area contributed by atoms with Crippen molar-refractivity contribution in [2.45, 2.75) is 18.9 Å². The molecule has 0 radical (unpaired) electrons. The van der Waals surface area contributed by atoms with Crippen LogP contribution in [0.15, 0.2) is 12.4 Å². The second-order valence-electron chi connectivity index (χ2n) is 3.42. The zero-order valence-electron chi connectivity index (χ0n) is 7.73. The lowest BCUT2D eigenvalue weighted by molar-refractivity contribution is 0.145. The molecule has 1 aliphatic heterocycles. The van der Waals surface area contributed by atoms with E-state index in [0.29, 0.717) is 18.7 Å². The van der Waals surface area contributed by atoms with Gasteiger partial charge in [0.1, 0.15) is 12.1 Å². The van der Waals surface area contributed by atoms with Crippen LogP contribution in [0, 0.1) is 5.95 Å². The Balaban J connectivity index is 2.08. The number of rotatable bonds is 1. The largest absolute Gasteiger partial charge is 0.393 e. The van der Waals surface area contributed by atoms with Crippen molar-refractivity contribution in [3.05, 3.63) is 18.3 Å². The molecule has 0 aliphatic carbocycles. The first kappa shape index (κ1) is 9.33. The smallest absolute Gasteiger partial charge is 0.218 e. The fourth-order valence-electron chi connectivity index (χ4n) is 1.59. The molecule has 4 nitrogen and oxygen atoms in total. The molecule has 0 unspecified atom stereocenters. The fourth-order valence-corrected chi connectivity index (χ4v) is 1.59. The molecular formula is C9H12FN3O. The summed E-state index contributed by atoms with van der Waals surface area (Å²) in [6.07, 6.45) is 2.42. The first-order chi connectivity index (χ1) is 6.75. The van der Waals surface area contributed by atoms with Crippen LogP contribution < -0.4 is 4.90 Å². The molecule has 0 saturated carbocycles. The highest BCUT2D eigenvalue weighted by atomic mass is 19.1. The second-order valence-corrected chi connectivity index (χ2v) is 3.42. The summed E-state index contributed by atoms with van der Waals surface area (Å²) in [5.41, 5.74) is 0. The lowest BCUT2D eigenvalue weighted by Gasteiger charge is -2.30. The van der Waals surface area contributed by atoms with E-state index in [1.807, 2.05) is 4.90 Å². The van der Waals surface area contributed by atoms with Crippen LogP contribution in [0.3, 0.4) is 0 Å². The van der Waals surface area contributed by atoms with Gasteiger partial charge in [-0.3, -0.25) is 0 Å². The predicted molar refractivity (Wildman–Crippen MR) is 49.4 cm³/mol. The summed E-state index contributed by atoms with van der Waals surface area (Å²) in [6.45, 7) is 1.44. The summed E-state index contributed by atoms with van der Waals surface area (Å²) in [5, 5.41) is 9.29. The van der Waals surface area contributed by atoms with Gasteiger partial charge in [-0.2, -0.15) is 4.39 Å². The third kappa shape index (κ3) is 1.98. The van der Waals surface area contributed by atoms with E-state index in [1.54, 1.807) is 0 Å². The molecule has 1 saturated heterocycles. The summed E-state index contributed by atoms with van der Waals surface area (Å²) in [4.78, 5) is 9.33. The molecular weight excluding hydrogens is 185 g/mol. The van der Waals surface area contributed by atoms with Gasteiger partial charge in [-0.25, -0.2) is 9.97 Å². The van der Waals surface area contributed by atoms with Gasteiger partial charge in [0.2, 0.25) is 5.95 Å². The first-order valence-corrected chi connectivity index (χ1v) is 4.66. The summed E-state index contributed by atoms with van der Waals surface area (Å²) in [7, 11) is 0. The summed E-state index contributed by atoms with van der Waals surface area (Å²) >= 11 is 0. The van der Waals surface area contributed by atoms with Crippen molar-refractivity contribution >= 4 is 5.82 Å². The van der Waals surface area contributed by atoms with E-state index < -0.39 is 5.95 Å². The van der Waals surface area contributed by atoms with Crippen molar-refractivity contribution in [2.75, 3.05) is 18.0 Å². The van der Waals surface area contributed by atoms with Gasteiger partial charge >= 0.3 is 0 Å². The zero-order valence-corrected chi connectivity index (χ0v) is 7.73. The van der Waals surface area contributed by atoms with Gasteiger partial charge in [-0.05, 0) is 12.8 Å². The topological polar surface area (TPSA) is 49.2 Å². The van der Waals surface area contributed by atoms with E-state index in [9.17, 15) is 9.50 Å². The Labute approximate surface area is 81.4 Å². The van der Waals surface area contributed by atoms with Gasteiger partial charge in [-0.15, -0.1) is 0 Å². The lowest BCUT2D eigenvalue weighted by atomic mass is 10.1. The average molecular weight is 197 g/mol. The summed E-state index contributed by atoms with van der Waals surface area (Å²) < 4.78 is 12.8. The normalized spacial score (nSPS) is 18.6. The molecule has 0 aromatic carbocycles. The molecule has 0 spiro atoms. The van der Waals surface area contributed by atoms with Crippen molar-refractivity contribution in [3.63, 3.8) is 0 Å². The number of anilines is 1. The van der Waals surface area contributed by atoms with Crippen molar-refractivity contribution in [1.82, 2.24) is 9.97 Å². The molecule has 1 aliphatic rings. The molecule has 2 rings (SSSR count).